The molecule has 30 heavy (non-hydrogen) atoms. The van der Waals surface area contributed by atoms with Crippen LogP contribution in [-0.4, -0.2) is 91.0 Å². The van der Waals surface area contributed by atoms with Gasteiger partial charge in [0.1, 0.15) is 5.51 Å². The molecule has 1 aromatic heterocycles. The second-order valence-corrected chi connectivity index (χ2v) is 8.73. The van der Waals surface area contributed by atoms with Gasteiger partial charge in [-0.05, 0) is 32.2 Å². The van der Waals surface area contributed by atoms with Crippen LogP contribution in [0.4, 0.5) is 18.3 Å². The van der Waals surface area contributed by atoms with E-state index in [2.05, 4.69) is 20.0 Å². The van der Waals surface area contributed by atoms with Crippen molar-refractivity contribution in [3.05, 3.63) is 5.51 Å². The van der Waals surface area contributed by atoms with Crippen LogP contribution in [0.3, 0.4) is 0 Å². The number of carboxylic acids is 1. The van der Waals surface area contributed by atoms with Crippen LogP contribution >= 0.6 is 11.3 Å². The van der Waals surface area contributed by atoms with Crippen LogP contribution in [0, 0.1) is 5.41 Å². The van der Waals surface area contributed by atoms with Crippen LogP contribution in [0.25, 0.3) is 0 Å². The Labute approximate surface area is 177 Å². The van der Waals surface area contributed by atoms with Crippen molar-refractivity contribution in [3.63, 3.8) is 0 Å². The van der Waals surface area contributed by atoms with E-state index in [4.69, 9.17) is 19.4 Å². The Bertz CT molecular complexity index is 673. The summed E-state index contributed by atoms with van der Waals surface area (Å²) in [7, 11) is 0. The molecule has 0 saturated carbocycles. The van der Waals surface area contributed by atoms with Crippen molar-refractivity contribution < 1.29 is 32.5 Å². The van der Waals surface area contributed by atoms with Crippen molar-refractivity contribution in [1.82, 2.24) is 15.1 Å². The number of aliphatic carboxylic acids is 1. The zero-order valence-electron chi connectivity index (χ0n) is 16.6. The second kappa shape index (κ2) is 10.2. The lowest BCUT2D eigenvalue weighted by molar-refractivity contribution is -0.192. The third-order valence-electron chi connectivity index (χ3n) is 5.70. The summed E-state index contributed by atoms with van der Waals surface area (Å²) in [6.45, 7) is 7.85. The molecule has 1 N–H and O–H groups in total. The Morgan fingerprint density at radius 3 is 2.57 bits per heavy atom. The molecule has 0 aromatic carbocycles. The smallest absolute Gasteiger partial charge is 0.475 e. The van der Waals surface area contributed by atoms with Gasteiger partial charge in [0.15, 0.2) is 0 Å². The summed E-state index contributed by atoms with van der Waals surface area (Å²) in [4.78, 5) is 14.0. The Balaban J connectivity index is 0.000000318. The maximum Gasteiger partial charge on any atom is 0.490 e. The quantitative estimate of drug-likeness (QED) is 0.731. The summed E-state index contributed by atoms with van der Waals surface area (Å²) in [5.41, 5.74) is 2.06. The van der Waals surface area contributed by atoms with Crippen LogP contribution in [-0.2, 0) is 14.3 Å². The molecule has 0 radical (unpaired) electrons. The standard InChI is InChI=1S/C16H26N4O2S.C2HF3O2/c1-4-16(10-19(5-1)14-2-7-21-8-3-14)11-20(6-9-22-12-16)15-18-17-13-23-15;3-2(4,5)1(6)7/h13-14H,1-12H2;(H,6,7). The summed E-state index contributed by atoms with van der Waals surface area (Å²) in [6, 6.07) is 0.694. The van der Waals surface area contributed by atoms with Gasteiger partial charge < -0.3 is 19.5 Å². The second-order valence-electron chi connectivity index (χ2n) is 7.92. The van der Waals surface area contributed by atoms with E-state index in [0.29, 0.717) is 6.04 Å². The van der Waals surface area contributed by atoms with Crippen molar-refractivity contribution in [2.75, 3.05) is 57.5 Å². The fraction of sp³-hybridized carbons (Fsp3) is 0.833. The number of halogens is 3. The number of piperidine rings is 1. The molecule has 4 rings (SSSR count). The van der Waals surface area contributed by atoms with Crippen LogP contribution in [0.15, 0.2) is 5.51 Å². The lowest BCUT2D eigenvalue weighted by Gasteiger charge is -2.47. The van der Waals surface area contributed by atoms with E-state index in [1.54, 1.807) is 11.3 Å². The van der Waals surface area contributed by atoms with Gasteiger partial charge in [-0.3, -0.25) is 4.90 Å². The number of carbonyl (C=O) groups is 1. The van der Waals surface area contributed by atoms with Crippen molar-refractivity contribution in [2.24, 2.45) is 5.41 Å². The normalized spacial score (nSPS) is 26.7. The molecule has 1 aromatic rings. The fourth-order valence-electron chi connectivity index (χ4n) is 4.32. The number of ether oxygens (including phenoxy) is 2. The zero-order chi connectivity index (χ0) is 21.6. The molecule has 3 fully saturated rings. The minimum absolute atomic E-state index is 0.235. The SMILES string of the molecule is O=C(O)C(F)(F)F.c1nnc(N2CCOCC3(CCCN(C4CCOCC4)C3)C2)s1. The molecule has 170 valence electrons. The van der Waals surface area contributed by atoms with Gasteiger partial charge >= 0.3 is 12.1 Å². The largest absolute Gasteiger partial charge is 0.490 e. The average molecular weight is 452 g/mol. The topological polar surface area (TPSA) is 88.0 Å². The van der Waals surface area contributed by atoms with E-state index < -0.39 is 12.1 Å². The van der Waals surface area contributed by atoms with Crippen molar-refractivity contribution in [1.29, 1.82) is 0 Å². The number of rotatable bonds is 2. The van der Waals surface area contributed by atoms with Crippen molar-refractivity contribution in [2.45, 2.75) is 37.9 Å². The predicted octanol–water partition coefficient (Wildman–Crippen LogP) is 2.27. The van der Waals surface area contributed by atoms with E-state index in [1.807, 2.05) is 5.51 Å². The van der Waals surface area contributed by atoms with Crippen LogP contribution in [0.5, 0.6) is 0 Å². The number of aromatic nitrogens is 2. The van der Waals surface area contributed by atoms with E-state index in [9.17, 15) is 13.2 Å². The Hall–Kier alpha value is -1.50. The van der Waals surface area contributed by atoms with Gasteiger partial charge in [0.05, 0.1) is 13.2 Å². The third kappa shape index (κ3) is 6.25. The maximum absolute atomic E-state index is 10.6. The van der Waals surface area contributed by atoms with Gasteiger partial charge in [0, 0.05) is 44.3 Å². The average Bonchev–Trinajstić information content (AvgIpc) is 3.19. The number of likely N-dealkylation sites (tertiary alicyclic amines) is 1. The van der Waals surface area contributed by atoms with Gasteiger partial charge in [-0.25, -0.2) is 4.79 Å². The summed E-state index contributed by atoms with van der Waals surface area (Å²) >= 11 is 1.63. The Kier molecular flexibility index (Phi) is 7.88. The molecule has 0 bridgehead atoms. The number of hydrogen-bond acceptors (Lipinski definition) is 8. The zero-order valence-corrected chi connectivity index (χ0v) is 17.5. The summed E-state index contributed by atoms with van der Waals surface area (Å²) in [5, 5.41) is 16.5. The van der Waals surface area contributed by atoms with Crippen LogP contribution < -0.4 is 4.90 Å². The van der Waals surface area contributed by atoms with Crippen LogP contribution in [0.2, 0.25) is 0 Å². The number of nitrogens with zero attached hydrogens (tertiary/aromatic N) is 4. The van der Waals surface area contributed by atoms with E-state index >= 15 is 0 Å². The molecular weight excluding hydrogens is 425 g/mol. The van der Waals surface area contributed by atoms with Crippen molar-refractivity contribution in [3.8, 4) is 0 Å². The lowest BCUT2D eigenvalue weighted by atomic mass is 9.79. The van der Waals surface area contributed by atoms with Crippen molar-refractivity contribution >= 4 is 22.4 Å². The number of hydrogen-bond donors (Lipinski definition) is 1. The lowest BCUT2D eigenvalue weighted by Crippen LogP contribution is -2.54. The van der Waals surface area contributed by atoms with E-state index in [-0.39, 0.29) is 5.41 Å². The highest BCUT2D eigenvalue weighted by Gasteiger charge is 2.41. The van der Waals surface area contributed by atoms with E-state index in [0.717, 1.165) is 51.2 Å². The highest BCUT2D eigenvalue weighted by molar-refractivity contribution is 7.13. The molecule has 1 atom stereocenters. The van der Waals surface area contributed by atoms with Gasteiger partial charge in [0.2, 0.25) is 5.13 Å². The van der Waals surface area contributed by atoms with Gasteiger partial charge in [0.25, 0.3) is 0 Å². The minimum atomic E-state index is -5.08. The summed E-state index contributed by atoms with van der Waals surface area (Å²) < 4.78 is 43.3. The first-order chi connectivity index (χ1) is 14.3. The van der Waals surface area contributed by atoms with Gasteiger partial charge in [-0.15, -0.1) is 10.2 Å². The maximum atomic E-state index is 10.6. The number of alkyl halides is 3. The Morgan fingerprint density at radius 2 is 1.93 bits per heavy atom. The predicted molar refractivity (Wildman–Crippen MR) is 104 cm³/mol. The number of carboxylic acid groups (broad SMARTS) is 1. The first kappa shape index (κ1) is 23.2. The molecule has 1 spiro atoms. The molecule has 3 saturated heterocycles. The molecule has 0 aliphatic carbocycles. The highest BCUT2D eigenvalue weighted by Crippen LogP contribution is 2.36. The highest BCUT2D eigenvalue weighted by atomic mass is 32.1. The number of anilines is 1. The molecule has 8 nitrogen and oxygen atoms in total. The first-order valence-electron chi connectivity index (χ1n) is 10.00. The molecule has 1 unspecified atom stereocenters. The van der Waals surface area contributed by atoms with Gasteiger partial charge in [-0.2, -0.15) is 13.2 Å². The van der Waals surface area contributed by atoms with Crippen LogP contribution in [0.1, 0.15) is 25.7 Å². The fourth-order valence-corrected chi connectivity index (χ4v) is 4.90. The monoisotopic (exact) mass is 452 g/mol. The molecule has 3 aliphatic heterocycles. The summed E-state index contributed by atoms with van der Waals surface area (Å²) in [6.07, 6.45) is -0.208. The molecule has 4 heterocycles. The third-order valence-corrected chi connectivity index (χ3v) is 6.45. The minimum Gasteiger partial charge on any atom is -0.475 e. The Morgan fingerprint density at radius 1 is 1.20 bits per heavy atom. The molecule has 12 heteroatoms. The van der Waals surface area contributed by atoms with Gasteiger partial charge in [-0.1, -0.05) is 11.3 Å². The summed E-state index contributed by atoms with van der Waals surface area (Å²) in [5.74, 6) is -2.76. The molecule has 0 amide bonds. The first-order valence-corrected chi connectivity index (χ1v) is 10.9. The molecular formula is C18H27F3N4O4S. The molecule has 3 aliphatic rings. The van der Waals surface area contributed by atoms with E-state index in [1.165, 1.54) is 32.2 Å².